The van der Waals surface area contributed by atoms with Gasteiger partial charge in [0.1, 0.15) is 4.32 Å². The smallest absolute Gasteiger partial charge is 0.305 e. The van der Waals surface area contributed by atoms with Gasteiger partial charge in [0.05, 0.1) is 17.4 Å². The molecule has 1 heterocycles. The van der Waals surface area contributed by atoms with Crippen LogP contribution in [-0.4, -0.2) is 26.2 Å². The van der Waals surface area contributed by atoms with Crippen molar-refractivity contribution in [2.75, 3.05) is 0 Å². The van der Waals surface area contributed by atoms with E-state index in [2.05, 4.69) is 0 Å². The van der Waals surface area contributed by atoms with Gasteiger partial charge in [0.25, 0.3) is 5.91 Å². The lowest BCUT2D eigenvalue weighted by Crippen LogP contribution is -2.34. The van der Waals surface area contributed by atoms with Crippen molar-refractivity contribution in [2.24, 2.45) is 0 Å². The van der Waals surface area contributed by atoms with Crippen LogP contribution >= 0.6 is 24.0 Å². The van der Waals surface area contributed by atoms with E-state index in [1.165, 1.54) is 16.7 Å². The Labute approximate surface area is 155 Å². The van der Waals surface area contributed by atoms with Gasteiger partial charge in [-0.05, 0) is 17.2 Å². The number of carbonyl (C=O) groups is 2. The van der Waals surface area contributed by atoms with Crippen LogP contribution in [0.5, 0.6) is 0 Å². The zero-order chi connectivity index (χ0) is 17.8. The van der Waals surface area contributed by atoms with Crippen molar-refractivity contribution >= 4 is 46.3 Å². The number of carboxylic acid groups (broad SMARTS) is 1. The summed E-state index contributed by atoms with van der Waals surface area (Å²) in [6, 6.07) is 18.0. The van der Waals surface area contributed by atoms with Gasteiger partial charge in [-0.15, -0.1) is 0 Å². The fraction of sp³-hybridized carbons (Fsp3) is 0.105. The summed E-state index contributed by atoms with van der Waals surface area (Å²) in [5.74, 6) is -1.23. The van der Waals surface area contributed by atoms with E-state index in [1.807, 2.05) is 60.7 Å². The first-order valence-electron chi connectivity index (χ1n) is 7.65. The summed E-state index contributed by atoms with van der Waals surface area (Å²) in [6.45, 7) is 0. The van der Waals surface area contributed by atoms with Crippen LogP contribution in [0.4, 0.5) is 0 Å². The largest absolute Gasteiger partial charge is 0.481 e. The third-order valence-electron chi connectivity index (χ3n) is 3.78. The molecule has 1 amide bonds. The second-order valence-electron chi connectivity index (χ2n) is 5.49. The van der Waals surface area contributed by atoms with Gasteiger partial charge in [-0.1, -0.05) is 84.6 Å². The maximum absolute atomic E-state index is 12.9. The predicted molar refractivity (Wildman–Crippen MR) is 103 cm³/mol. The van der Waals surface area contributed by atoms with Crippen molar-refractivity contribution in [2.45, 2.75) is 12.5 Å². The predicted octanol–water partition coefficient (Wildman–Crippen LogP) is 4.10. The molecular weight excluding hydrogens is 354 g/mol. The van der Waals surface area contributed by atoms with Crippen LogP contribution in [-0.2, 0) is 9.59 Å². The summed E-state index contributed by atoms with van der Waals surface area (Å²) in [5.41, 5.74) is 1.65. The van der Waals surface area contributed by atoms with E-state index >= 15 is 0 Å². The fourth-order valence-corrected chi connectivity index (χ4v) is 4.00. The van der Waals surface area contributed by atoms with Crippen molar-refractivity contribution in [3.63, 3.8) is 0 Å². The topological polar surface area (TPSA) is 57.6 Å². The Morgan fingerprint density at radius 1 is 1.12 bits per heavy atom. The molecule has 0 bridgehead atoms. The molecular formula is C19H15NO3S2. The molecule has 6 heteroatoms. The van der Waals surface area contributed by atoms with Crippen LogP contribution in [0.1, 0.15) is 23.6 Å². The number of nitrogens with zero attached hydrogens (tertiary/aromatic N) is 1. The number of aliphatic carboxylic acids is 1. The molecule has 0 spiro atoms. The first-order valence-corrected chi connectivity index (χ1v) is 8.87. The van der Waals surface area contributed by atoms with Crippen LogP contribution in [0.15, 0.2) is 65.6 Å². The summed E-state index contributed by atoms with van der Waals surface area (Å²) in [7, 11) is 0. The Morgan fingerprint density at radius 3 is 2.32 bits per heavy atom. The summed E-state index contributed by atoms with van der Waals surface area (Å²) < 4.78 is 0.377. The zero-order valence-corrected chi connectivity index (χ0v) is 14.8. The first-order chi connectivity index (χ1) is 12.1. The second-order valence-corrected chi connectivity index (χ2v) is 7.16. The minimum atomic E-state index is -0.977. The minimum absolute atomic E-state index is 0.199. The van der Waals surface area contributed by atoms with Crippen molar-refractivity contribution in [3.05, 3.63) is 76.7 Å². The minimum Gasteiger partial charge on any atom is -0.481 e. The van der Waals surface area contributed by atoms with E-state index < -0.39 is 12.0 Å². The lowest BCUT2D eigenvalue weighted by molar-refractivity contribution is -0.138. The van der Waals surface area contributed by atoms with Crippen molar-refractivity contribution in [3.8, 4) is 0 Å². The normalized spacial score (nSPS) is 17.1. The third-order valence-corrected chi connectivity index (χ3v) is 5.12. The van der Waals surface area contributed by atoms with Gasteiger partial charge in [-0.25, -0.2) is 0 Å². The summed E-state index contributed by atoms with van der Waals surface area (Å²) >= 11 is 6.58. The number of thioether (sulfide) groups is 1. The molecule has 25 heavy (non-hydrogen) atoms. The molecule has 1 fully saturated rings. The Morgan fingerprint density at radius 2 is 1.72 bits per heavy atom. The zero-order valence-electron chi connectivity index (χ0n) is 13.2. The van der Waals surface area contributed by atoms with Crippen LogP contribution in [0.2, 0.25) is 0 Å². The molecule has 0 aliphatic carbocycles. The second kappa shape index (κ2) is 7.63. The highest BCUT2D eigenvalue weighted by molar-refractivity contribution is 8.26. The molecule has 3 rings (SSSR count). The maximum Gasteiger partial charge on any atom is 0.305 e. The van der Waals surface area contributed by atoms with Crippen LogP contribution in [0.3, 0.4) is 0 Å². The molecule has 1 N–H and O–H groups in total. The van der Waals surface area contributed by atoms with Gasteiger partial charge < -0.3 is 5.11 Å². The highest BCUT2D eigenvalue weighted by Crippen LogP contribution is 2.39. The quantitative estimate of drug-likeness (QED) is 0.635. The summed E-state index contributed by atoms with van der Waals surface area (Å²) in [6.07, 6.45) is 1.58. The Balaban J connectivity index is 1.94. The Bertz CT molecular complexity index is 834. The van der Waals surface area contributed by atoms with Gasteiger partial charge in [-0.3, -0.25) is 14.5 Å². The number of thiocarbonyl (C=S) groups is 1. The number of rotatable bonds is 5. The molecule has 0 saturated carbocycles. The molecule has 4 nitrogen and oxygen atoms in total. The molecule has 126 valence electrons. The maximum atomic E-state index is 12.9. The number of amides is 1. The number of carboxylic acids is 1. The van der Waals surface area contributed by atoms with Gasteiger partial charge >= 0.3 is 5.97 Å². The number of carbonyl (C=O) groups excluding carboxylic acids is 1. The number of hydrogen-bond donors (Lipinski definition) is 1. The molecule has 0 radical (unpaired) electrons. The molecule has 1 aliphatic heterocycles. The Kier molecular flexibility index (Phi) is 5.31. The summed E-state index contributed by atoms with van der Waals surface area (Å²) in [4.78, 5) is 26.1. The molecule has 1 atom stereocenters. The van der Waals surface area contributed by atoms with Gasteiger partial charge in [0.15, 0.2) is 0 Å². The van der Waals surface area contributed by atoms with E-state index in [4.69, 9.17) is 12.2 Å². The fourth-order valence-electron chi connectivity index (χ4n) is 2.65. The molecule has 2 aromatic rings. The van der Waals surface area contributed by atoms with Gasteiger partial charge in [0, 0.05) is 0 Å². The molecule has 0 aromatic heterocycles. The van der Waals surface area contributed by atoms with E-state index in [0.717, 1.165) is 11.1 Å². The van der Waals surface area contributed by atoms with Crippen LogP contribution < -0.4 is 0 Å². The number of hydrogen-bond acceptors (Lipinski definition) is 4. The van der Waals surface area contributed by atoms with Crippen LogP contribution in [0, 0.1) is 0 Å². The summed E-state index contributed by atoms with van der Waals surface area (Å²) in [5, 5.41) is 9.28. The van der Waals surface area contributed by atoms with E-state index in [-0.39, 0.29) is 12.3 Å². The Hall–Kier alpha value is -2.44. The SMILES string of the molecule is O=C(O)CC(c1ccccc1)N1C(=O)/C(=C\c2ccccc2)SC1=S. The average molecular weight is 369 g/mol. The van der Waals surface area contributed by atoms with Crippen molar-refractivity contribution in [1.29, 1.82) is 0 Å². The number of benzene rings is 2. The van der Waals surface area contributed by atoms with Crippen molar-refractivity contribution < 1.29 is 14.7 Å². The first kappa shape index (κ1) is 17.4. The molecule has 1 saturated heterocycles. The standard InChI is InChI=1S/C19H15NO3S2/c21-17(22)12-15(14-9-5-2-6-10-14)20-18(23)16(25-19(20)24)11-13-7-3-1-4-8-13/h1-11,15H,12H2,(H,21,22)/b16-11+. The van der Waals surface area contributed by atoms with Gasteiger partial charge in [0.2, 0.25) is 0 Å². The van der Waals surface area contributed by atoms with Gasteiger partial charge in [-0.2, -0.15) is 0 Å². The third kappa shape index (κ3) is 3.97. The van der Waals surface area contributed by atoms with Crippen molar-refractivity contribution in [1.82, 2.24) is 4.90 Å². The van der Waals surface area contributed by atoms with Crippen LogP contribution in [0.25, 0.3) is 6.08 Å². The monoisotopic (exact) mass is 369 g/mol. The highest BCUT2D eigenvalue weighted by Gasteiger charge is 2.38. The molecule has 1 aliphatic rings. The lowest BCUT2D eigenvalue weighted by atomic mass is 10.0. The lowest BCUT2D eigenvalue weighted by Gasteiger charge is -2.26. The average Bonchev–Trinajstić information content (AvgIpc) is 2.88. The van der Waals surface area contributed by atoms with E-state index in [1.54, 1.807) is 6.08 Å². The highest BCUT2D eigenvalue weighted by atomic mass is 32.2. The molecule has 2 aromatic carbocycles. The van der Waals surface area contributed by atoms with E-state index in [0.29, 0.717) is 9.23 Å². The molecule has 1 unspecified atom stereocenters. The van der Waals surface area contributed by atoms with E-state index in [9.17, 15) is 14.7 Å².